The maximum atomic E-state index is 8.87. The van der Waals surface area contributed by atoms with Crippen LogP contribution in [0, 0.1) is 18.3 Å². The van der Waals surface area contributed by atoms with Gasteiger partial charge in [-0.25, -0.2) is 0 Å². The number of anilines is 1. The molecule has 1 atom stereocenters. The molecule has 0 amide bonds. The third kappa shape index (κ3) is 4.05. The van der Waals surface area contributed by atoms with Gasteiger partial charge < -0.3 is 10.2 Å². The molecule has 3 nitrogen and oxygen atoms in total. The lowest BCUT2D eigenvalue weighted by molar-refractivity contribution is 0.261. The average molecular weight is 245 g/mol. The van der Waals surface area contributed by atoms with Gasteiger partial charge in [-0.1, -0.05) is 6.92 Å². The number of nitrogens with one attached hydrogen (secondary N) is 1. The molecular formula is C15H23N3. The highest BCUT2D eigenvalue weighted by molar-refractivity contribution is 5.51. The van der Waals surface area contributed by atoms with Crippen LogP contribution in [0.2, 0.25) is 0 Å². The second-order valence-electron chi connectivity index (χ2n) is 4.81. The van der Waals surface area contributed by atoms with Gasteiger partial charge in [0.05, 0.1) is 11.6 Å². The Hall–Kier alpha value is -1.53. The largest absolute Gasteiger partial charge is 0.384 e. The van der Waals surface area contributed by atoms with Gasteiger partial charge in [-0.05, 0) is 51.1 Å². The standard InChI is InChI=1S/C15H23N3/c1-5-13(3)18(4)9-8-17-15-7-6-14(11-16)12(2)10-15/h6-7,10,13,17H,5,8-9H2,1-4H3. The molecule has 0 fully saturated rings. The van der Waals surface area contributed by atoms with E-state index in [0.29, 0.717) is 6.04 Å². The second-order valence-corrected chi connectivity index (χ2v) is 4.81. The van der Waals surface area contributed by atoms with Crippen molar-refractivity contribution in [3.63, 3.8) is 0 Å². The Kier molecular flexibility index (Phi) is 5.67. The van der Waals surface area contributed by atoms with Crippen molar-refractivity contribution in [1.29, 1.82) is 5.26 Å². The van der Waals surface area contributed by atoms with E-state index in [1.54, 1.807) is 0 Å². The molecule has 0 aromatic heterocycles. The van der Waals surface area contributed by atoms with Gasteiger partial charge in [0, 0.05) is 24.8 Å². The van der Waals surface area contributed by atoms with Crippen molar-refractivity contribution in [1.82, 2.24) is 4.90 Å². The number of hydrogen-bond acceptors (Lipinski definition) is 3. The van der Waals surface area contributed by atoms with Crippen molar-refractivity contribution in [2.75, 3.05) is 25.5 Å². The maximum Gasteiger partial charge on any atom is 0.0994 e. The molecule has 0 spiro atoms. The van der Waals surface area contributed by atoms with Crippen LogP contribution in [0.25, 0.3) is 0 Å². The predicted molar refractivity (Wildman–Crippen MR) is 76.8 cm³/mol. The fourth-order valence-electron chi connectivity index (χ4n) is 1.81. The van der Waals surface area contributed by atoms with Gasteiger partial charge >= 0.3 is 0 Å². The van der Waals surface area contributed by atoms with Crippen molar-refractivity contribution in [2.24, 2.45) is 0 Å². The highest BCUT2D eigenvalue weighted by atomic mass is 15.1. The minimum atomic E-state index is 0.620. The first-order valence-electron chi connectivity index (χ1n) is 6.53. The third-order valence-corrected chi connectivity index (χ3v) is 3.48. The number of nitriles is 1. The SMILES string of the molecule is CCC(C)N(C)CCNc1ccc(C#N)c(C)c1. The summed E-state index contributed by atoms with van der Waals surface area (Å²) in [5, 5.41) is 12.3. The lowest BCUT2D eigenvalue weighted by atomic mass is 10.1. The summed E-state index contributed by atoms with van der Waals surface area (Å²) in [5.41, 5.74) is 2.86. The summed E-state index contributed by atoms with van der Waals surface area (Å²) in [6, 6.07) is 8.67. The maximum absolute atomic E-state index is 8.87. The molecule has 0 aliphatic carbocycles. The van der Waals surface area contributed by atoms with E-state index in [1.165, 1.54) is 6.42 Å². The number of benzene rings is 1. The quantitative estimate of drug-likeness (QED) is 0.837. The zero-order chi connectivity index (χ0) is 13.5. The zero-order valence-electron chi connectivity index (χ0n) is 11.8. The molecule has 1 aromatic carbocycles. The Morgan fingerprint density at radius 1 is 1.44 bits per heavy atom. The molecule has 1 rings (SSSR count). The molecule has 0 aliphatic rings. The molecular weight excluding hydrogens is 222 g/mol. The normalized spacial score (nSPS) is 12.2. The lowest BCUT2D eigenvalue weighted by Crippen LogP contribution is -2.32. The molecule has 0 saturated heterocycles. The fraction of sp³-hybridized carbons (Fsp3) is 0.533. The van der Waals surface area contributed by atoms with Crippen LogP contribution in [0.3, 0.4) is 0 Å². The van der Waals surface area contributed by atoms with E-state index < -0.39 is 0 Å². The van der Waals surface area contributed by atoms with Crippen LogP contribution in [0.15, 0.2) is 18.2 Å². The molecule has 0 aliphatic heterocycles. The van der Waals surface area contributed by atoms with E-state index in [0.717, 1.165) is 29.9 Å². The van der Waals surface area contributed by atoms with Crippen molar-refractivity contribution in [2.45, 2.75) is 33.2 Å². The van der Waals surface area contributed by atoms with Crippen LogP contribution in [-0.4, -0.2) is 31.1 Å². The zero-order valence-corrected chi connectivity index (χ0v) is 11.8. The minimum Gasteiger partial charge on any atom is -0.384 e. The summed E-state index contributed by atoms with van der Waals surface area (Å²) in [6.45, 7) is 8.36. The van der Waals surface area contributed by atoms with Crippen LogP contribution >= 0.6 is 0 Å². The molecule has 18 heavy (non-hydrogen) atoms. The lowest BCUT2D eigenvalue weighted by Gasteiger charge is -2.23. The number of hydrogen-bond donors (Lipinski definition) is 1. The Morgan fingerprint density at radius 2 is 2.17 bits per heavy atom. The number of likely N-dealkylation sites (N-methyl/N-ethyl adjacent to an activating group) is 1. The summed E-state index contributed by atoms with van der Waals surface area (Å²) in [4.78, 5) is 2.35. The van der Waals surface area contributed by atoms with Gasteiger partial charge in [0.25, 0.3) is 0 Å². The number of rotatable bonds is 6. The average Bonchev–Trinajstić information content (AvgIpc) is 2.37. The van der Waals surface area contributed by atoms with Gasteiger partial charge in [0.1, 0.15) is 0 Å². The Balaban J connectivity index is 2.45. The Morgan fingerprint density at radius 3 is 2.72 bits per heavy atom. The molecule has 1 aromatic rings. The summed E-state index contributed by atoms with van der Waals surface area (Å²) < 4.78 is 0. The van der Waals surface area contributed by atoms with Crippen molar-refractivity contribution < 1.29 is 0 Å². The van der Waals surface area contributed by atoms with Crippen LogP contribution in [0.1, 0.15) is 31.4 Å². The summed E-state index contributed by atoms with van der Waals surface area (Å²) in [6.07, 6.45) is 1.17. The molecule has 98 valence electrons. The van der Waals surface area contributed by atoms with E-state index in [-0.39, 0.29) is 0 Å². The molecule has 0 bridgehead atoms. The van der Waals surface area contributed by atoms with E-state index in [1.807, 2.05) is 25.1 Å². The van der Waals surface area contributed by atoms with E-state index in [2.05, 4.69) is 37.2 Å². The topological polar surface area (TPSA) is 39.1 Å². The van der Waals surface area contributed by atoms with Gasteiger partial charge in [-0.15, -0.1) is 0 Å². The van der Waals surface area contributed by atoms with E-state index in [9.17, 15) is 0 Å². The highest BCUT2D eigenvalue weighted by Gasteiger charge is 2.05. The van der Waals surface area contributed by atoms with E-state index in [4.69, 9.17) is 5.26 Å². The molecule has 0 radical (unpaired) electrons. The van der Waals surface area contributed by atoms with Crippen molar-refractivity contribution in [3.05, 3.63) is 29.3 Å². The van der Waals surface area contributed by atoms with Crippen LogP contribution in [0.4, 0.5) is 5.69 Å². The molecule has 0 heterocycles. The summed E-state index contributed by atoms with van der Waals surface area (Å²) >= 11 is 0. The molecule has 1 N–H and O–H groups in total. The third-order valence-electron chi connectivity index (χ3n) is 3.48. The fourth-order valence-corrected chi connectivity index (χ4v) is 1.81. The van der Waals surface area contributed by atoms with Gasteiger partial charge in [-0.3, -0.25) is 0 Å². The van der Waals surface area contributed by atoms with Gasteiger partial charge in [0.15, 0.2) is 0 Å². The first-order valence-corrected chi connectivity index (χ1v) is 6.53. The minimum absolute atomic E-state index is 0.620. The Labute approximate surface area is 110 Å². The molecule has 3 heteroatoms. The Bertz CT molecular complexity index is 420. The van der Waals surface area contributed by atoms with Crippen LogP contribution < -0.4 is 5.32 Å². The van der Waals surface area contributed by atoms with Crippen LogP contribution in [0.5, 0.6) is 0 Å². The first kappa shape index (κ1) is 14.5. The van der Waals surface area contributed by atoms with Gasteiger partial charge in [-0.2, -0.15) is 5.26 Å². The first-order chi connectivity index (χ1) is 8.58. The predicted octanol–water partition coefficient (Wildman–Crippen LogP) is 3.01. The van der Waals surface area contributed by atoms with Crippen molar-refractivity contribution >= 4 is 5.69 Å². The van der Waals surface area contributed by atoms with Gasteiger partial charge in [0.2, 0.25) is 0 Å². The number of nitrogens with zero attached hydrogens (tertiary/aromatic N) is 2. The van der Waals surface area contributed by atoms with Crippen LogP contribution in [-0.2, 0) is 0 Å². The number of aryl methyl sites for hydroxylation is 1. The monoisotopic (exact) mass is 245 g/mol. The highest BCUT2D eigenvalue weighted by Crippen LogP contribution is 2.14. The van der Waals surface area contributed by atoms with E-state index >= 15 is 0 Å². The summed E-state index contributed by atoms with van der Waals surface area (Å²) in [7, 11) is 2.15. The molecule has 1 unspecified atom stereocenters. The summed E-state index contributed by atoms with van der Waals surface area (Å²) in [5.74, 6) is 0. The van der Waals surface area contributed by atoms with Crippen molar-refractivity contribution in [3.8, 4) is 6.07 Å². The second kappa shape index (κ2) is 7.03. The molecule has 0 saturated carbocycles. The smallest absolute Gasteiger partial charge is 0.0994 e.